The predicted molar refractivity (Wildman–Crippen MR) is 151 cm³/mol. The Balaban J connectivity index is 6.23. The molecule has 0 aromatic rings. The van der Waals surface area contributed by atoms with Crippen LogP contribution in [0.5, 0.6) is 0 Å². The third-order valence-corrected chi connectivity index (χ3v) is 26.6. The normalized spacial score (nSPS) is 16.5. The van der Waals surface area contributed by atoms with E-state index < -0.39 is 26.7 Å². The zero-order chi connectivity index (χ0) is 24.9. The van der Waals surface area contributed by atoms with Crippen LogP contribution in [-0.4, -0.2) is 45.5 Å². The molecule has 0 rings (SSSR count). The van der Waals surface area contributed by atoms with Crippen molar-refractivity contribution in [3.05, 3.63) is 10.2 Å². The van der Waals surface area contributed by atoms with E-state index in [2.05, 4.69) is 78.7 Å². The second-order valence-corrected chi connectivity index (χ2v) is 29.7. The van der Waals surface area contributed by atoms with Gasteiger partial charge in [-0.2, -0.15) is 0 Å². The van der Waals surface area contributed by atoms with E-state index in [1.165, 1.54) is 64.7 Å². The van der Waals surface area contributed by atoms with Crippen molar-refractivity contribution in [2.45, 2.75) is 156 Å². The first-order valence-electron chi connectivity index (χ1n) is 13.8. The summed E-state index contributed by atoms with van der Waals surface area (Å²) in [6.07, 6.45) is 14.2. The molecule has 0 radical (unpaired) electrons. The van der Waals surface area contributed by atoms with Crippen molar-refractivity contribution in [1.82, 2.24) is 0 Å². The summed E-state index contributed by atoms with van der Waals surface area (Å²) in [5.74, 6) is 0. The Morgan fingerprint density at radius 2 is 1.22 bits per heavy atom. The van der Waals surface area contributed by atoms with Crippen LogP contribution in [0, 0.1) is 0 Å². The molecular weight excluding hydrogens is 515 g/mol. The topological polar surface area (TPSA) is 18.5 Å². The summed E-state index contributed by atoms with van der Waals surface area (Å²) in [6, 6.07) is 0. The van der Waals surface area contributed by atoms with Gasteiger partial charge >= 0.3 is 209 Å². The summed E-state index contributed by atoms with van der Waals surface area (Å²) < 4.78 is 20.7. The zero-order valence-corrected chi connectivity index (χ0v) is 27.9. The van der Waals surface area contributed by atoms with E-state index in [0.29, 0.717) is 0 Å². The summed E-state index contributed by atoms with van der Waals surface area (Å²) in [5.41, 5.74) is -0.250. The number of ether oxygens (including phenoxy) is 1. The van der Waals surface area contributed by atoms with Crippen LogP contribution in [0.25, 0.3) is 0 Å². The Morgan fingerprint density at radius 1 is 0.781 bits per heavy atom. The summed E-state index contributed by atoms with van der Waals surface area (Å²) in [4.78, 5) is 0. The van der Waals surface area contributed by atoms with Gasteiger partial charge in [-0.15, -0.1) is 0 Å². The second-order valence-electron chi connectivity index (χ2n) is 12.0. The van der Waals surface area contributed by atoms with Gasteiger partial charge in [0.15, 0.2) is 0 Å². The zero-order valence-electron chi connectivity index (χ0n) is 24.0. The number of hydrogen-bond acceptors (Lipinski definition) is 2. The van der Waals surface area contributed by atoms with E-state index in [0.717, 1.165) is 6.42 Å². The van der Waals surface area contributed by atoms with Crippen molar-refractivity contribution in [2.24, 2.45) is 0 Å². The first-order valence-corrected chi connectivity index (χ1v) is 24.4. The van der Waals surface area contributed by atoms with Gasteiger partial charge in [-0.1, -0.05) is 0 Å². The van der Waals surface area contributed by atoms with Gasteiger partial charge < -0.3 is 0 Å². The van der Waals surface area contributed by atoms with Gasteiger partial charge in [0.1, 0.15) is 0 Å². The van der Waals surface area contributed by atoms with Gasteiger partial charge in [-0.3, -0.25) is 0 Å². The monoisotopic (exact) mass is 576 g/mol. The maximum atomic E-state index is 7.12. The second kappa shape index (κ2) is 15.6. The standard InChI is InChI=1S/C16H33O2Si.3C4H9.Sn/c1-10-12-13-16(6,17-7)14(11-2)18-19(8,9)15(3,4)5;3*1-3-4-2;/h2,11,14H,10,12-13H2,1,3-9H3;3*1,3-4H2,2H3;. The molecule has 0 aromatic carbocycles. The minimum absolute atomic E-state index is 0.0564. The molecule has 0 amide bonds. The molecule has 32 heavy (non-hydrogen) atoms. The van der Waals surface area contributed by atoms with Crippen LogP contribution in [0.3, 0.4) is 0 Å². The molecule has 192 valence electrons. The molecule has 0 aliphatic heterocycles. The molecule has 0 saturated heterocycles. The Labute approximate surface area is 208 Å². The van der Waals surface area contributed by atoms with E-state index in [9.17, 15) is 0 Å². The van der Waals surface area contributed by atoms with Crippen LogP contribution in [0.1, 0.15) is 113 Å². The first kappa shape index (κ1) is 32.7. The van der Waals surface area contributed by atoms with Gasteiger partial charge in [0.05, 0.1) is 0 Å². The Bertz CT molecular complexity index is 490. The van der Waals surface area contributed by atoms with Gasteiger partial charge in [-0.25, -0.2) is 0 Å². The molecule has 0 aromatic heterocycles. The third-order valence-electron chi connectivity index (χ3n) is 8.03. The summed E-state index contributed by atoms with van der Waals surface area (Å²) in [7, 11) is -0.0175. The van der Waals surface area contributed by atoms with Crippen LogP contribution in [0.15, 0.2) is 10.2 Å². The van der Waals surface area contributed by atoms with E-state index >= 15 is 0 Å². The predicted octanol–water partition coefficient (Wildman–Crippen LogP) is 9.92. The van der Waals surface area contributed by atoms with Crippen LogP contribution in [-0.2, 0) is 9.16 Å². The SMILES string of the molecule is CCCCC(C)(OC)C(C=[CH][Sn]([CH2]CCC)([CH2]CCC)[CH2]CCC)O[Si](C)(C)C(C)(C)C. The van der Waals surface area contributed by atoms with Gasteiger partial charge in [0.2, 0.25) is 0 Å². The van der Waals surface area contributed by atoms with Gasteiger partial charge in [-0.05, 0) is 0 Å². The Kier molecular flexibility index (Phi) is 16.0. The number of hydrogen-bond donors (Lipinski definition) is 0. The summed E-state index contributed by atoms with van der Waals surface area (Å²) in [5, 5.41) is 0.200. The molecular formula is C28H60O2SiSn. The van der Waals surface area contributed by atoms with Crippen molar-refractivity contribution in [3.63, 3.8) is 0 Å². The van der Waals surface area contributed by atoms with Crippen molar-refractivity contribution >= 4 is 26.7 Å². The molecule has 2 unspecified atom stereocenters. The minimum atomic E-state index is -2.37. The number of methoxy groups -OCH3 is 1. The summed E-state index contributed by atoms with van der Waals surface area (Å²) in [6.45, 7) is 23.5. The number of unbranched alkanes of at least 4 members (excludes halogenated alkanes) is 4. The van der Waals surface area contributed by atoms with E-state index in [1.807, 2.05) is 7.11 Å². The molecule has 0 aliphatic carbocycles. The van der Waals surface area contributed by atoms with Gasteiger partial charge in [0.25, 0.3) is 0 Å². The van der Waals surface area contributed by atoms with Crippen molar-refractivity contribution in [1.29, 1.82) is 0 Å². The molecule has 2 atom stereocenters. The van der Waals surface area contributed by atoms with E-state index in [4.69, 9.17) is 9.16 Å². The van der Waals surface area contributed by atoms with Crippen molar-refractivity contribution in [3.8, 4) is 0 Å². The molecule has 0 saturated carbocycles. The molecule has 0 fully saturated rings. The average molecular weight is 576 g/mol. The van der Waals surface area contributed by atoms with Crippen LogP contribution in [0.2, 0.25) is 31.4 Å². The number of rotatable bonds is 18. The van der Waals surface area contributed by atoms with Crippen molar-refractivity contribution < 1.29 is 9.16 Å². The molecule has 0 N–H and O–H groups in total. The first-order chi connectivity index (χ1) is 14.9. The molecule has 0 heterocycles. The maximum absolute atomic E-state index is 7.12. The molecule has 0 aliphatic rings. The fourth-order valence-electron chi connectivity index (χ4n) is 4.25. The average Bonchev–Trinajstić information content (AvgIpc) is 2.74. The van der Waals surface area contributed by atoms with E-state index in [1.54, 1.807) is 0 Å². The third kappa shape index (κ3) is 10.9. The quantitative estimate of drug-likeness (QED) is 0.152. The molecule has 2 nitrogen and oxygen atoms in total. The summed E-state index contributed by atoms with van der Waals surface area (Å²) >= 11 is -2.37. The van der Waals surface area contributed by atoms with Crippen LogP contribution in [0.4, 0.5) is 0 Å². The van der Waals surface area contributed by atoms with Crippen molar-refractivity contribution in [2.75, 3.05) is 7.11 Å². The Morgan fingerprint density at radius 3 is 1.56 bits per heavy atom. The van der Waals surface area contributed by atoms with Crippen LogP contribution >= 0.6 is 0 Å². The van der Waals surface area contributed by atoms with E-state index in [-0.39, 0.29) is 16.7 Å². The molecule has 0 bridgehead atoms. The molecule has 0 spiro atoms. The molecule has 4 heteroatoms. The van der Waals surface area contributed by atoms with Gasteiger partial charge in [0, 0.05) is 0 Å². The van der Waals surface area contributed by atoms with Crippen LogP contribution < -0.4 is 0 Å². The fraction of sp³-hybridized carbons (Fsp3) is 0.929. The Hall–Kier alpha value is 0.676. The fourth-order valence-corrected chi connectivity index (χ4v) is 19.9.